The van der Waals surface area contributed by atoms with Crippen LogP contribution in [0.2, 0.25) is 0 Å². The first-order valence-corrected chi connectivity index (χ1v) is 5.27. The Morgan fingerprint density at radius 1 is 1.22 bits per heavy atom. The van der Waals surface area contributed by atoms with E-state index in [1.54, 1.807) is 27.7 Å². The molecule has 0 aliphatic rings. The highest BCUT2D eigenvalue weighted by atomic mass is 16.1. The Balaban J connectivity index is 2.13. The number of aryl methyl sites for hydroxylation is 1. The summed E-state index contributed by atoms with van der Waals surface area (Å²) < 4.78 is 3.38. The smallest absolute Gasteiger partial charge is 0.268 e. The van der Waals surface area contributed by atoms with Gasteiger partial charge < -0.3 is 5.73 Å². The third-order valence-corrected chi connectivity index (χ3v) is 2.60. The fourth-order valence-corrected chi connectivity index (χ4v) is 1.72. The lowest BCUT2D eigenvalue weighted by molar-refractivity contribution is 0.0996. The monoisotopic (exact) mass is 242 g/mol. The van der Waals surface area contributed by atoms with Crippen molar-refractivity contribution in [3.8, 4) is 11.1 Å². The van der Waals surface area contributed by atoms with Crippen molar-refractivity contribution in [1.82, 2.24) is 24.1 Å². The summed E-state index contributed by atoms with van der Waals surface area (Å²) in [5.41, 5.74) is 7.21. The molecule has 0 radical (unpaired) electrons. The van der Waals surface area contributed by atoms with Crippen LogP contribution in [0.4, 0.5) is 0 Å². The Bertz CT molecular complexity index is 741. The minimum atomic E-state index is -0.566. The van der Waals surface area contributed by atoms with Gasteiger partial charge >= 0.3 is 0 Å². The first-order chi connectivity index (χ1) is 8.63. The van der Waals surface area contributed by atoms with Gasteiger partial charge in [0.05, 0.1) is 6.20 Å². The summed E-state index contributed by atoms with van der Waals surface area (Å²) in [4.78, 5) is 19.2. The van der Waals surface area contributed by atoms with E-state index in [1.165, 1.54) is 0 Å². The third-order valence-electron chi connectivity index (χ3n) is 2.60. The van der Waals surface area contributed by atoms with E-state index in [0.29, 0.717) is 5.78 Å². The van der Waals surface area contributed by atoms with Crippen molar-refractivity contribution in [1.29, 1.82) is 0 Å². The standard InChI is InChI=1S/C11H10N6O/c1-16-4-8(3-14-16)7-2-13-11-15-9(10(12)18)6-17(11)5-7/h2-6H,1H3,(H2,12,18). The maximum absolute atomic E-state index is 11.0. The first kappa shape index (κ1) is 10.5. The van der Waals surface area contributed by atoms with E-state index in [1.807, 2.05) is 19.4 Å². The van der Waals surface area contributed by atoms with Gasteiger partial charge in [-0.3, -0.25) is 13.9 Å². The minimum Gasteiger partial charge on any atom is -0.364 e. The second-order valence-corrected chi connectivity index (χ2v) is 3.94. The molecular formula is C11H10N6O. The van der Waals surface area contributed by atoms with Gasteiger partial charge in [-0.15, -0.1) is 0 Å². The van der Waals surface area contributed by atoms with Crippen LogP contribution in [-0.4, -0.2) is 30.1 Å². The second-order valence-electron chi connectivity index (χ2n) is 3.94. The summed E-state index contributed by atoms with van der Waals surface area (Å²) in [7, 11) is 1.85. The quantitative estimate of drug-likeness (QED) is 0.696. The molecule has 90 valence electrons. The van der Waals surface area contributed by atoms with Crippen molar-refractivity contribution in [3.05, 3.63) is 36.7 Å². The maximum atomic E-state index is 11.0. The zero-order valence-electron chi connectivity index (χ0n) is 9.61. The van der Waals surface area contributed by atoms with E-state index < -0.39 is 5.91 Å². The van der Waals surface area contributed by atoms with Crippen LogP contribution in [0.5, 0.6) is 0 Å². The van der Waals surface area contributed by atoms with E-state index in [4.69, 9.17) is 5.73 Å². The van der Waals surface area contributed by atoms with Gasteiger partial charge in [0.2, 0.25) is 5.78 Å². The van der Waals surface area contributed by atoms with Crippen molar-refractivity contribution < 1.29 is 4.79 Å². The fraction of sp³-hybridized carbons (Fsp3) is 0.0909. The molecule has 2 N–H and O–H groups in total. The van der Waals surface area contributed by atoms with Crippen LogP contribution in [0.3, 0.4) is 0 Å². The SMILES string of the molecule is Cn1cc(-c2cnc3nc(C(N)=O)cn3c2)cn1. The molecule has 3 aromatic heterocycles. The lowest BCUT2D eigenvalue weighted by atomic mass is 10.2. The average molecular weight is 242 g/mol. The average Bonchev–Trinajstić information content (AvgIpc) is 2.93. The van der Waals surface area contributed by atoms with Crippen LogP contribution in [0.1, 0.15) is 10.5 Å². The van der Waals surface area contributed by atoms with Crippen molar-refractivity contribution >= 4 is 11.7 Å². The summed E-state index contributed by atoms with van der Waals surface area (Å²) in [6.45, 7) is 0. The summed E-state index contributed by atoms with van der Waals surface area (Å²) in [6.07, 6.45) is 8.71. The number of hydrogen-bond acceptors (Lipinski definition) is 4. The number of imidazole rings is 1. The van der Waals surface area contributed by atoms with Crippen molar-refractivity contribution in [2.45, 2.75) is 0 Å². The molecule has 3 rings (SSSR count). The highest BCUT2D eigenvalue weighted by molar-refractivity contribution is 5.91. The van der Waals surface area contributed by atoms with Gasteiger partial charge in [0, 0.05) is 43.0 Å². The lowest BCUT2D eigenvalue weighted by Gasteiger charge is -1.97. The number of hydrogen-bond donors (Lipinski definition) is 1. The number of aromatic nitrogens is 5. The molecule has 0 unspecified atom stereocenters. The van der Waals surface area contributed by atoms with Crippen molar-refractivity contribution in [2.24, 2.45) is 12.8 Å². The topological polar surface area (TPSA) is 91.1 Å². The van der Waals surface area contributed by atoms with E-state index in [2.05, 4.69) is 15.1 Å². The molecule has 0 saturated heterocycles. The van der Waals surface area contributed by atoms with Gasteiger partial charge in [-0.05, 0) is 0 Å². The zero-order chi connectivity index (χ0) is 12.7. The molecule has 0 aliphatic heterocycles. The number of amides is 1. The minimum absolute atomic E-state index is 0.200. The number of primary amides is 1. The first-order valence-electron chi connectivity index (χ1n) is 5.27. The lowest BCUT2D eigenvalue weighted by Crippen LogP contribution is -2.10. The Kier molecular flexibility index (Phi) is 2.12. The van der Waals surface area contributed by atoms with Gasteiger partial charge in [0.25, 0.3) is 5.91 Å². The van der Waals surface area contributed by atoms with Gasteiger partial charge in [0.1, 0.15) is 5.69 Å². The zero-order valence-corrected chi connectivity index (χ0v) is 9.61. The van der Waals surface area contributed by atoms with Gasteiger partial charge in [-0.25, -0.2) is 9.97 Å². The highest BCUT2D eigenvalue weighted by Gasteiger charge is 2.09. The van der Waals surface area contributed by atoms with E-state index in [9.17, 15) is 4.79 Å². The summed E-state index contributed by atoms with van der Waals surface area (Å²) in [5, 5.41) is 4.10. The van der Waals surface area contributed by atoms with Crippen LogP contribution in [-0.2, 0) is 7.05 Å². The normalized spacial score (nSPS) is 10.9. The second kappa shape index (κ2) is 3.66. The highest BCUT2D eigenvalue weighted by Crippen LogP contribution is 2.17. The Labute approximate surface area is 102 Å². The summed E-state index contributed by atoms with van der Waals surface area (Å²) in [6, 6.07) is 0. The number of carbonyl (C=O) groups is 1. The van der Waals surface area contributed by atoms with Crippen molar-refractivity contribution in [3.63, 3.8) is 0 Å². The third kappa shape index (κ3) is 1.61. The predicted octanol–water partition coefficient (Wildman–Crippen LogP) is 0.229. The number of nitrogens with two attached hydrogens (primary N) is 1. The van der Waals surface area contributed by atoms with Gasteiger partial charge in [0.15, 0.2) is 0 Å². The summed E-state index contributed by atoms with van der Waals surface area (Å²) >= 11 is 0. The Morgan fingerprint density at radius 2 is 2.00 bits per heavy atom. The van der Waals surface area contributed by atoms with Gasteiger partial charge in [-0.1, -0.05) is 0 Å². The van der Waals surface area contributed by atoms with Crippen LogP contribution in [0, 0.1) is 0 Å². The van der Waals surface area contributed by atoms with E-state index >= 15 is 0 Å². The number of nitrogens with zero attached hydrogens (tertiary/aromatic N) is 5. The maximum Gasteiger partial charge on any atom is 0.268 e. The molecule has 0 bridgehead atoms. The predicted molar refractivity (Wildman–Crippen MR) is 63.7 cm³/mol. The summed E-state index contributed by atoms with van der Waals surface area (Å²) in [5.74, 6) is -0.125. The molecule has 0 atom stereocenters. The Morgan fingerprint density at radius 3 is 2.67 bits per heavy atom. The molecule has 7 heteroatoms. The fourth-order valence-electron chi connectivity index (χ4n) is 1.72. The molecular weight excluding hydrogens is 232 g/mol. The number of carbonyl (C=O) groups excluding carboxylic acids is 1. The molecule has 0 aromatic carbocycles. The number of rotatable bonds is 2. The van der Waals surface area contributed by atoms with Crippen LogP contribution >= 0.6 is 0 Å². The molecule has 7 nitrogen and oxygen atoms in total. The molecule has 1 amide bonds. The molecule has 18 heavy (non-hydrogen) atoms. The molecule has 3 aromatic rings. The molecule has 0 aliphatic carbocycles. The van der Waals surface area contributed by atoms with Crippen LogP contribution in [0.25, 0.3) is 16.9 Å². The van der Waals surface area contributed by atoms with Crippen LogP contribution in [0.15, 0.2) is 31.0 Å². The van der Waals surface area contributed by atoms with Gasteiger partial charge in [-0.2, -0.15) is 5.10 Å². The molecule has 0 fully saturated rings. The van der Waals surface area contributed by atoms with E-state index in [0.717, 1.165) is 11.1 Å². The van der Waals surface area contributed by atoms with Crippen molar-refractivity contribution in [2.75, 3.05) is 0 Å². The Hall–Kier alpha value is -2.70. The molecule has 0 spiro atoms. The molecule has 3 heterocycles. The molecule has 0 saturated carbocycles. The largest absolute Gasteiger partial charge is 0.364 e. The van der Waals surface area contributed by atoms with E-state index in [-0.39, 0.29) is 5.69 Å². The van der Waals surface area contributed by atoms with Crippen LogP contribution < -0.4 is 5.73 Å². The number of fused-ring (bicyclic) bond motifs is 1.